The number of nitrogens with one attached hydrogen (secondary N) is 1. The van der Waals surface area contributed by atoms with Gasteiger partial charge in [0, 0.05) is 17.7 Å². The smallest absolute Gasteiger partial charge is 0.338 e. The summed E-state index contributed by atoms with van der Waals surface area (Å²) in [5.74, 6) is 0.862. The van der Waals surface area contributed by atoms with Crippen LogP contribution < -0.4 is 5.43 Å². The van der Waals surface area contributed by atoms with Crippen LogP contribution in [-0.4, -0.2) is 41.3 Å². The average Bonchev–Trinajstić information content (AvgIpc) is 3.60. The van der Waals surface area contributed by atoms with Gasteiger partial charge in [0.2, 0.25) is 5.91 Å². The molecule has 0 radical (unpaired) electrons. The highest BCUT2D eigenvalue weighted by atomic mass is 32.2. The monoisotopic (exact) mass is 553 g/mol. The Labute approximate surface area is 236 Å². The molecule has 1 atom stereocenters. The maximum Gasteiger partial charge on any atom is 0.338 e. The lowest BCUT2D eigenvalue weighted by Gasteiger charge is -2.24. The van der Waals surface area contributed by atoms with E-state index in [0.717, 1.165) is 16.7 Å². The van der Waals surface area contributed by atoms with Crippen molar-refractivity contribution in [3.8, 4) is 11.3 Å². The number of benzene rings is 3. The van der Waals surface area contributed by atoms with Crippen LogP contribution in [0, 0.1) is 0 Å². The van der Waals surface area contributed by atoms with Crippen molar-refractivity contribution in [2.75, 3.05) is 12.4 Å². The molecule has 1 aliphatic rings. The predicted molar refractivity (Wildman–Crippen MR) is 154 cm³/mol. The quantitative estimate of drug-likeness (QED) is 0.163. The first-order valence-electron chi connectivity index (χ1n) is 12.8. The van der Waals surface area contributed by atoms with Gasteiger partial charge in [0.05, 0.1) is 24.1 Å². The highest BCUT2D eigenvalue weighted by molar-refractivity contribution is 8.00. The molecule has 1 aromatic heterocycles. The lowest BCUT2D eigenvalue weighted by Crippen LogP contribution is -2.27. The summed E-state index contributed by atoms with van der Waals surface area (Å²) < 4.78 is 10.8. The normalized spacial score (nSPS) is 15.0. The van der Waals surface area contributed by atoms with Gasteiger partial charge in [0.1, 0.15) is 16.9 Å². The summed E-state index contributed by atoms with van der Waals surface area (Å²) in [7, 11) is 0. The third-order valence-electron chi connectivity index (χ3n) is 6.29. The van der Waals surface area contributed by atoms with Crippen molar-refractivity contribution >= 4 is 35.8 Å². The number of rotatable bonds is 9. The standard InChI is InChI=1S/C31H27N3O5S/c1-2-38-31(37)25-14-8-22(9-15-25)27-17-16-26(39-27)18-32-33-29(36)23-10-12-24(13-11-23)30-34(28(35)20-40-30)19-21-6-4-3-5-7-21/h3-18,30H,2,19-20H2,1H3,(H,33,36)/b32-18+. The largest absolute Gasteiger partial charge is 0.462 e. The number of nitrogens with zero attached hydrogens (tertiary/aromatic N) is 2. The molecular formula is C31H27N3O5S. The van der Waals surface area contributed by atoms with Gasteiger partial charge in [-0.05, 0) is 54.4 Å². The number of carbonyl (C=O) groups excluding carboxylic acids is 3. The number of carbonyl (C=O) groups is 3. The Hall–Kier alpha value is -4.63. The Morgan fingerprint density at radius 1 is 1.00 bits per heavy atom. The number of hydrogen-bond donors (Lipinski definition) is 1. The van der Waals surface area contributed by atoms with E-state index < -0.39 is 0 Å². The van der Waals surface area contributed by atoms with E-state index in [2.05, 4.69) is 10.5 Å². The lowest BCUT2D eigenvalue weighted by atomic mass is 10.1. The fourth-order valence-electron chi connectivity index (χ4n) is 4.26. The molecule has 1 saturated heterocycles. The average molecular weight is 554 g/mol. The van der Waals surface area contributed by atoms with Gasteiger partial charge in [-0.2, -0.15) is 5.10 Å². The number of amides is 2. The Morgan fingerprint density at radius 2 is 1.73 bits per heavy atom. The topological polar surface area (TPSA) is 101 Å². The summed E-state index contributed by atoms with van der Waals surface area (Å²) in [6.07, 6.45) is 1.42. The molecule has 0 aliphatic carbocycles. The zero-order valence-electron chi connectivity index (χ0n) is 21.8. The molecule has 3 aromatic carbocycles. The molecule has 1 fully saturated rings. The van der Waals surface area contributed by atoms with Crippen molar-refractivity contribution in [3.05, 3.63) is 119 Å². The molecule has 8 nitrogen and oxygen atoms in total. The second-order valence-electron chi connectivity index (χ2n) is 8.99. The fourth-order valence-corrected chi connectivity index (χ4v) is 5.45. The Morgan fingerprint density at radius 3 is 2.45 bits per heavy atom. The van der Waals surface area contributed by atoms with E-state index in [0.29, 0.717) is 41.6 Å². The minimum atomic E-state index is -0.371. The van der Waals surface area contributed by atoms with E-state index in [4.69, 9.17) is 9.15 Å². The van der Waals surface area contributed by atoms with Gasteiger partial charge in [-0.1, -0.05) is 54.6 Å². The lowest BCUT2D eigenvalue weighted by molar-refractivity contribution is -0.128. The summed E-state index contributed by atoms with van der Waals surface area (Å²) in [6, 6.07) is 27.5. The zero-order valence-corrected chi connectivity index (χ0v) is 22.6. The number of hydrazone groups is 1. The molecule has 4 aromatic rings. The molecule has 202 valence electrons. The maximum atomic E-state index is 12.6. The molecule has 1 unspecified atom stereocenters. The van der Waals surface area contributed by atoms with Crippen LogP contribution in [0.4, 0.5) is 0 Å². The third kappa shape index (κ3) is 6.32. The SMILES string of the molecule is CCOC(=O)c1ccc(-c2ccc(/C=N/NC(=O)c3ccc(C4SCC(=O)N4Cc4ccccc4)cc3)o2)cc1. The zero-order chi connectivity index (χ0) is 27.9. The first kappa shape index (κ1) is 27.0. The number of ether oxygens (including phenoxy) is 1. The third-order valence-corrected chi connectivity index (χ3v) is 7.54. The molecule has 1 N–H and O–H groups in total. The second-order valence-corrected chi connectivity index (χ2v) is 10.1. The van der Waals surface area contributed by atoms with Crippen LogP contribution in [0.15, 0.2) is 101 Å². The minimum absolute atomic E-state index is 0.0997. The van der Waals surface area contributed by atoms with E-state index >= 15 is 0 Å². The van der Waals surface area contributed by atoms with Gasteiger partial charge < -0.3 is 14.1 Å². The maximum absolute atomic E-state index is 12.6. The van der Waals surface area contributed by atoms with Crippen LogP contribution in [-0.2, 0) is 16.1 Å². The van der Waals surface area contributed by atoms with Crippen LogP contribution in [0.3, 0.4) is 0 Å². The van der Waals surface area contributed by atoms with Crippen molar-refractivity contribution in [2.45, 2.75) is 18.8 Å². The molecule has 0 bridgehead atoms. The summed E-state index contributed by atoms with van der Waals surface area (Å²) >= 11 is 1.58. The molecule has 40 heavy (non-hydrogen) atoms. The van der Waals surface area contributed by atoms with Crippen molar-refractivity contribution in [1.29, 1.82) is 0 Å². The Balaban J connectivity index is 1.17. The van der Waals surface area contributed by atoms with Gasteiger partial charge in [-0.3, -0.25) is 9.59 Å². The first-order valence-corrected chi connectivity index (χ1v) is 13.8. The van der Waals surface area contributed by atoms with E-state index in [1.807, 2.05) is 47.4 Å². The molecule has 0 spiro atoms. The summed E-state index contributed by atoms with van der Waals surface area (Å²) in [5.41, 5.74) is 6.27. The van der Waals surface area contributed by atoms with Crippen molar-refractivity contribution in [1.82, 2.24) is 10.3 Å². The number of furan rings is 1. The van der Waals surface area contributed by atoms with Gasteiger partial charge in [0.25, 0.3) is 5.91 Å². The van der Waals surface area contributed by atoms with Crippen molar-refractivity contribution in [2.24, 2.45) is 5.10 Å². The summed E-state index contributed by atoms with van der Waals surface area (Å²) in [4.78, 5) is 38.8. The fraction of sp³-hybridized carbons (Fsp3) is 0.161. The molecule has 0 saturated carbocycles. The van der Waals surface area contributed by atoms with Crippen molar-refractivity contribution in [3.63, 3.8) is 0 Å². The molecule has 5 rings (SSSR count). The highest BCUT2D eigenvalue weighted by Crippen LogP contribution is 2.39. The van der Waals surface area contributed by atoms with Gasteiger partial charge in [-0.15, -0.1) is 11.8 Å². The first-order chi connectivity index (χ1) is 19.5. The summed E-state index contributed by atoms with van der Waals surface area (Å²) in [6.45, 7) is 2.62. The van der Waals surface area contributed by atoms with E-state index in [9.17, 15) is 14.4 Å². The van der Waals surface area contributed by atoms with Crippen LogP contribution >= 0.6 is 11.8 Å². The minimum Gasteiger partial charge on any atom is -0.462 e. The van der Waals surface area contributed by atoms with Crippen LogP contribution in [0.1, 0.15) is 49.9 Å². The molecular weight excluding hydrogens is 526 g/mol. The van der Waals surface area contributed by atoms with E-state index in [1.165, 1.54) is 6.21 Å². The van der Waals surface area contributed by atoms with Crippen molar-refractivity contribution < 1.29 is 23.5 Å². The predicted octanol–water partition coefficient (Wildman–Crippen LogP) is 5.66. The molecule has 2 heterocycles. The summed E-state index contributed by atoms with van der Waals surface area (Å²) in [5, 5.41) is 3.92. The number of thioether (sulfide) groups is 1. The number of hydrogen-bond acceptors (Lipinski definition) is 7. The van der Waals surface area contributed by atoms with E-state index in [-0.39, 0.29) is 23.2 Å². The van der Waals surface area contributed by atoms with Gasteiger partial charge >= 0.3 is 5.97 Å². The van der Waals surface area contributed by atoms with E-state index in [1.54, 1.807) is 67.2 Å². The second kappa shape index (κ2) is 12.5. The molecule has 1 aliphatic heterocycles. The number of esters is 1. The van der Waals surface area contributed by atoms with Gasteiger partial charge in [-0.25, -0.2) is 10.2 Å². The van der Waals surface area contributed by atoms with Crippen LogP contribution in [0.5, 0.6) is 0 Å². The Bertz CT molecular complexity index is 1510. The van der Waals surface area contributed by atoms with Crippen LogP contribution in [0.2, 0.25) is 0 Å². The highest BCUT2D eigenvalue weighted by Gasteiger charge is 2.32. The van der Waals surface area contributed by atoms with Gasteiger partial charge in [0.15, 0.2) is 0 Å². The van der Waals surface area contributed by atoms with Crippen LogP contribution in [0.25, 0.3) is 11.3 Å². The Kier molecular flexibility index (Phi) is 8.41. The molecule has 2 amide bonds. The molecule has 9 heteroatoms.